The molecule has 0 spiro atoms. The Hall–Kier alpha value is -0.170. The lowest BCUT2D eigenvalue weighted by atomic mass is 10.1. The van der Waals surface area contributed by atoms with Crippen molar-refractivity contribution in [3.63, 3.8) is 0 Å². The minimum Gasteiger partial charge on any atom is -0.377 e. The van der Waals surface area contributed by atoms with E-state index in [1.54, 1.807) is 0 Å². The van der Waals surface area contributed by atoms with Crippen LogP contribution in [0.4, 0.5) is 0 Å². The third-order valence-corrected chi connectivity index (χ3v) is 4.25. The van der Waals surface area contributed by atoms with Gasteiger partial charge in [-0.25, -0.2) is 13.1 Å². The molecule has 0 saturated carbocycles. The van der Waals surface area contributed by atoms with E-state index in [0.29, 0.717) is 13.0 Å². The Morgan fingerprint density at radius 3 is 2.82 bits per heavy atom. The summed E-state index contributed by atoms with van der Waals surface area (Å²) in [5, 5.41) is 3.11. The van der Waals surface area contributed by atoms with E-state index in [0.717, 1.165) is 39.0 Å². The van der Waals surface area contributed by atoms with Crippen LogP contribution in [0.1, 0.15) is 32.6 Å². The van der Waals surface area contributed by atoms with Gasteiger partial charge in [-0.2, -0.15) is 0 Å². The second-order valence-electron chi connectivity index (χ2n) is 4.36. The highest BCUT2D eigenvalue weighted by atomic mass is 32.2. The van der Waals surface area contributed by atoms with Crippen LogP contribution < -0.4 is 10.0 Å². The Bertz CT molecular complexity index is 287. The molecule has 1 rings (SSSR count). The Morgan fingerprint density at radius 2 is 2.18 bits per heavy atom. The average molecular weight is 264 g/mol. The molecule has 17 heavy (non-hydrogen) atoms. The number of hydrogen-bond acceptors (Lipinski definition) is 4. The van der Waals surface area contributed by atoms with Crippen LogP contribution in [0.3, 0.4) is 0 Å². The van der Waals surface area contributed by atoms with Crippen molar-refractivity contribution >= 4 is 10.0 Å². The van der Waals surface area contributed by atoms with E-state index in [1.165, 1.54) is 0 Å². The van der Waals surface area contributed by atoms with Crippen LogP contribution in [-0.2, 0) is 14.8 Å². The number of rotatable bonds is 8. The molecule has 0 aliphatic carbocycles. The van der Waals surface area contributed by atoms with Crippen LogP contribution in [0.2, 0.25) is 0 Å². The topological polar surface area (TPSA) is 67.4 Å². The molecule has 1 aliphatic heterocycles. The van der Waals surface area contributed by atoms with Gasteiger partial charge in [0.2, 0.25) is 10.0 Å². The van der Waals surface area contributed by atoms with Gasteiger partial charge in [0, 0.05) is 13.2 Å². The summed E-state index contributed by atoms with van der Waals surface area (Å²) in [5.41, 5.74) is 0. The molecule has 1 heterocycles. The molecule has 1 aliphatic rings. The van der Waals surface area contributed by atoms with Gasteiger partial charge < -0.3 is 10.1 Å². The van der Waals surface area contributed by atoms with Crippen molar-refractivity contribution in [3.8, 4) is 0 Å². The number of hydrogen-bond donors (Lipinski definition) is 2. The lowest BCUT2D eigenvalue weighted by molar-refractivity contribution is 0.0200. The zero-order valence-electron chi connectivity index (χ0n) is 10.6. The predicted molar refractivity (Wildman–Crippen MR) is 68.5 cm³/mol. The van der Waals surface area contributed by atoms with Crippen molar-refractivity contribution in [2.24, 2.45) is 0 Å². The predicted octanol–water partition coefficient (Wildman–Crippen LogP) is 0.475. The molecule has 0 aromatic carbocycles. The van der Waals surface area contributed by atoms with Crippen LogP contribution in [0.5, 0.6) is 0 Å². The van der Waals surface area contributed by atoms with E-state index >= 15 is 0 Å². The van der Waals surface area contributed by atoms with Crippen molar-refractivity contribution in [3.05, 3.63) is 0 Å². The molecule has 1 fully saturated rings. The molecule has 2 N–H and O–H groups in total. The Morgan fingerprint density at radius 1 is 1.35 bits per heavy atom. The van der Waals surface area contributed by atoms with Gasteiger partial charge in [0.1, 0.15) is 0 Å². The van der Waals surface area contributed by atoms with Crippen LogP contribution in [0.15, 0.2) is 0 Å². The van der Waals surface area contributed by atoms with Gasteiger partial charge >= 0.3 is 0 Å². The Balaban J connectivity index is 2.14. The molecule has 102 valence electrons. The third kappa shape index (κ3) is 6.98. The number of nitrogens with one attached hydrogen (secondary N) is 2. The van der Waals surface area contributed by atoms with Gasteiger partial charge in [-0.15, -0.1) is 0 Å². The molecular formula is C11H24N2O3S. The van der Waals surface area contributed by atoms with E-state index in [4.69, 9.17) is 4.74 Å². The first-order valence-electron chi connectivity index (χ1n) is 6.43. The van der Waals surface area contributed by atoms with Crippen molar-refractivity contribution in [1.29, 1.82) is 0 Å². The molecular weight excluding hydrogens is 240 g/mol. The zero-order chi connectivity index (χ0) is 12.6. The van der Waals surface area contributed by atoms with E-state index in [-0.39, 0.29) is 11.9 Å². The largest absolute Gasteiger partial charge is 0.377 e. The highest BCUT2D eigenvalue weighted by Crippen LogP contribution is 2.11. The smallest absolute Gasteiger partial charge is 0.211 e. The summed E-state index contributed by atoms with van der Waals surface area (Å²) in [4.78, 5) is 0. The summed E-state index contributed by atoms with van der Waals surface area (Å²) in [5.74, 6) is 0.187. The van der Waals surface area contributed by atoms with E-state index in [9.17, 15) is 8.42 Å². The molecule has 0 amide bonds. The van der Waals surface area contributed by atoms with Gasteiger partial charge in [-0.3, -0.25) is 0 Å². The molecule has 0 bridgehead atoms. The maximum atomic E-state index is 11.6. The van der Waals surface area contributed by atoms with E-state index in [2.05, 4.69) is 10.0 Å². The summed E-state index contributed by atoms with van der Waals surface area (Å²) in [6, 6.07) is 0. The SMILES string of the molecule is CCNCCCS(=O)(=O)NCC1CCCCO1. The van der Waals surface area contributed by atoms with Crippen LogP contribution in [-0.4, -0.2) is 46.5 Å². The maximum absolute atomic E-state index is 11.6. The second-order valence-corrected chi connectivity index (χ2v) is 6.29. The second kappa shape index (κ2) is 8.02. The van der Waals surface area contributed by atoms with Crippen molar-refractivity contribution in [2.45, 2.75) is 38.7 Å². The molecule has 1 atom stereocenters. The molecule has 6 heteroatoms. The minimum atomic E-state index is -3.13. The Kier molecular flexibility index (Phi) is 7.03. The monoisotopic (exact) mass is 264 g/mol. The van der Waals surface area contributed by atoms with E-state index in [1.807, 2.05) is 6.92 Å². The van der Waals surface area contributed by atoms with Gasteiger partial charge in [0.05, 0.1) is 11.9 Å². The highest BCUT2D eigenvalue weighted by Gasteiger charge is 2.17. The molecule has 5 nitrogen and oxygen atoms in total. The van der Waals surface area contributed by atoms with Gasteiger partial charge in [0.25, 0.3) is 0 Å². The summed E-state index contributed by atoms with van der Waals surface area (Å²) in [6.07, 6.45) is 3.89. The molecule has 1 unspecified atom stereocenters. The summed E-state index contributed by atoms with van der Waals surface area (Å²) < 4.78 is 31.4. The van der Waals surface area contributed by atoms with Gasteiger partial charge in [-0.1, -0.05) is 6.92 Å². The third-order valence-electron chi connectivity index (χ3n) is 2.82. The van der Waals surface area contributed by atoms with E-state index < -0.39 is 10.0 Å². The van der Waals surface area contributed by atoms with Crippen LogP contribution in [0, 0.1) is 0 Å². The average Bonchev–Trinajstić information content (AvgIpc) is 2.34. The number of sulfonamides is 1. The quantitative estimate of drug-likeness (QED) is 0.626. The fourth-order valence-electron chi connectivity index (χ4n) is 1.82. The van der Waals surface area contributed by atoms with Crippen molar-refractivity contribution in [2.75, 3.05) is 32.0 Å². The molecule has 0 aromatic heterocycles. The van der Waals surface area contributed by atoms with Crippen molar-refractivity contribution < 1.29 is 13.2 Å². The van der Waals surface area contributed by atoms with Crippen molar-refractivity contribution in [1.82, 2.24) is 10.0 Å². The normalized spacial score (nSPS) is 21.6. The minimum absolute atomic E-state index is 0.0623. The summed E-state index contributed by atoms with van der Waals surface area (Å²) >= 11 is 0. The fourth-order valence-corrected chi connectivity index (χ4v) is 2.93. The van der Waals surface area contributed by atoms with Crippen LogP contribution in [0.25, 0.3) is 0 Å². The Labute approximate surface area is 104 Å². The molecule has 0 radical (unpaired) electrons. The molecule has 0 aromatic rings. The molecule has 1 saturated heterocycles. The van der Waals surface area contributed by atoms with Gasteiger partial charge in [-0.05, 0) is 38.8 Å². The lowest BCUT2D eigenvalue weighted by Crippen LogP contribution is -2.37. The highest BCUT2D eigenvalue weighted by molar-refractivity contribution is 7.89. The first-order valence-corrected chi connectivity index (χ1v) is 8.09. The first kappa shape index (κ1) is 14.9. The maximum Gasteiger partial charge on any atom is 0.211 e. The van der Waals surface area contributed by atoms with Crippen LogP contribution >= 0.6 is 0 Å². The summed E-state index contributed by atoms with van der Waals surface area (Å²) in [7, 11) is -3.13. The lowest BCUT2D eigenvalue weighted by Gasteiger charge is -2.22. The fraction of sp³-hybridized carbons (Fsp3) is 1.00. The first-order chi connectivity index (χ1) is 8.14. The zero-order valence-corrected chi connectivity index (χ0v) is 11.4. The summed E-state index contributed by atoms with van der Waals surface area (Å²) in [6.45, 7) is 4.81. The van der Waals surface area contributed by atoms with Gasteiger partial charge in [0.15, 0.2) is 0 Å². The number of ether oxygens (including phenoxy) is 1. The standard InChI is InChI=1S/C11H24N2O3S/c1-2-12-7-5-9-17(14,15)13-10-11-6-3-4-8-16-11/h11-13H,2-10H2,1H3.